The van der Waals surface area contributed by atoms with E-state index in [-0.39, 0.29) is 0 Å². The van der Waals surface area contributed by atoms with Gasteiger partial charge in [-0.15, -0.1) is 0 Å². The summed E-state index contributed by atoms with van der Waals surface area (Å²) in [6.07, 6.45) is 1.11. The van der Waals surface area contributed by atoms with Crippen molar-refractivity contribution in [2.75, 3.05) is 13.6 Å². The molecule has 14 heavy (non-hydrogen) atoms. The number of thiocarbonyl (C=S) groups is 1. The van der Waals surface area contributed by atoms with Gasteiger partial charge in [-0.3, -0.25) is 0 Å². The molecular weight excluding hydrogens is 190 g/mol. The van der Waals surface area contributed by atoms with Crippen molar-refractivity contribution in [3.63, 3.8) is 0 Å². The molecule has 0 aliphatic carbocycles. The minimum Gasteiger partial charge on any atom is -0.368 e. The summed E-state index contributed by atoms with van der Waals surface area (Å²) in [5, 5.41) is 0. The van der Waals surface area contributed by atoms with Crippen LogP contribution in [-0.2, 0) is 6.42 Å². The second-order valence-electron chi connectivity index (χ2n) is 3.93. The molecule has 1 aromatic carbocycles. The molecule has 0 saturated carbocycles. The van der Waals surface area contributed by atoms with Crippen molar-refractivity contribution >= 4 is 17.2 Å². The van der Waals surface area contributed by atoms with Crippen LogP contribution in [0.1, 0.15) is 24.0 Å². The van der Waals surface area contributed by atoms with Crippen molar-refractivity contribution in [2.24, 2.45) is 0 Å². The Morgan fingerprint density at radius 3 is 2.86 bits per heavy atom. The summed E-state index contributed by atoms with van der Waals surface area (Å²) in [7, 11) is 2.09. The van der Waals surface area contributed by atoms with Crippen molar-refractivity contribution in [3.05, 3.63) is 35.4 Å². The molecule has 1 aliphatic rings. The maximum absolute atomic E-state index is 5.44. The van der Waals surface area contributed by atoms with Crippen LogP contribution in [-0.4, -0.2) is 23.5 Å². The molecule has 74 valence electrons. The molecule has 1 aliphatic heterocycles. The fourth-order valence-electron chi connectivity index (χ4n) is 2.05. The van der Waals surface area contributed by atoms with E-state index in [0.29, 0.717) is 5.92 Å². The third-order valence-corrected chi connectivity index (χ3v) is 3.65. The largest absolute Gasteiger partial charge is 0.368 e. The minimum atomic E-state index is 0.383. The molecule has 0 saturated heterocycles. The predicted octanol–water partition coefficient (Wildman–Crippen LogP) is 2.61. The molecule has 1 heterocycles. The Morgan fingerprint density at radius 1 is 1.36 bits per heavy atom. The Morgan fingerprint density at radius 2 is 2.07 bits per heavy atom. The van der Waals surface area contributed by atoms with Crippen molar-refractivity contribution in [1.29, 1.82) is 0 Å². The van der Waals surface area contributed by atoms with Gasteiger partial charge in [0.25, 0.3) is 0 Å². The van der Waals surface area contributed by atoms with E-state index < -0.39 is 0 Å². The van der Waals surface area contributed by atoms with Gasteiger partial charge in [-0.05, 0) is 17.5 Å². The molecule has 1 unspecified atom stereocenters. The number of benzene rings is 1. The van der Waals surface area contributed by atoms with E-state index in [4.69, 9.17) is 12.2 Å². The van der Waals surface area contributed by atoms with Crippen LogP contribution in [0.3, 0.4) is 0 Å². The Hall–Kier alpha value is -0.890. The van der Waals surface area contributed by atoms with Gasteiger partial charge in [-0.25, -0.2) is 0 Å². The zero-order valence-corrected chi connectivity index (χ0v) is 9.47. The summed E-state index contributed by atoms with van der Waals surface area (Å²) in [4.78, 5) is 3.26. The van der Waals surface area contributed by atoms with E-state index in [1.165, 1.54) is 11.1 Å². The lowest BCUT2D eigenvalue weighted by Gasteiger charge is -2.20. The Bertz CT molecular complexity index is 359. The monoisotopic (exact) mass is 205 g/mol. The van der Waals surface area contributed by atoms with Crippen molar-refractivity contribution in [3.8, 4) is 0 Å². The first-order valence-electron chi connectivity index (χ1n) is 5.03. The standard InChI is InChI=1S/C12H15NS/c1-9-11-6-4-3-5-10(11)7-8-13(2)12(9)14/h3-6,9H,7-8H2,1-2H3. The van der Waals surface area contributed by atoms with E-state index in [0.717, 1.165) is 18.0 Å². The van der Waals surface area contributed by atoms with E-state index in [2.05, 4.69) is 43.1 Å². The number of rotatable bonds is 0. The smallest absolute Gasteiger partial charge is 0.0849 e. The number of likely N-dealkylation sites (N-methyl/N-ethyl adjacent to an activating group) is 1. The van der Waals surface area contributed by atoms with Crippen molar-refractivity contribution in [1.82, 2.24) is 4.90 Å². The summed E-state index contributed by atoms with van der Waals surface area (Å²) in [6, 6.07) is 8.63. The molecule has 0 aromatic heterocycles. The summed E-state index contributed by atoms with van der Waals surface area (Å²) in [5.41, 5.74) is 2.86. The van der Waals surface area contributed by atoms with E-state index >= 15 is 0 Å². The van der Waals surface area contributed by atoms with Crippen LogP contribution in [0.2, 0.25) is 0 Å². The summed E-state index contributed by atoms with van der Waals surface area (Å²) < 4.78 is 0. The van der Waals surface area contributed by atoms with Gasteiger partial charge in [0.2, 0.25) is 0 Å². The summed E-state index contributed by atoms with van der Waals surface area (Å²) in [5.74, 6) is 0.383. The van der Waals surface area contributed by atoms with Gasteiger partial charge >= 0.3 is 0 Å². The normalized spacial score (nSPS) is 21.7. The number of hydrogen-bond acceptors (Lipinski definition) is 1. The fourth-order valence-corrected chi connectivity index (χ4v) is 2.26. The van der Waals surface area contributed by atoms with E-state index in [1.807, 2.05) is 0 Å². The van der Waals surface area contributed by atoms with E-state index in [9.17, 15) is 0 Å². The van der Waals surface area contributed by atoms with Gasteiger partial charge in [0, 0.05) is 19.5 Å². The first-order valence-corrected chi connectivity index (χ1v) is 5.44. The highest BCUT2D eigenvalue weighted by Crippen LogP contribution is 2.26. The first kappa shape index (κ1) is 9.66. The van der Waals surface area contributed by atoms with Gasteiger partial charge < -0.3 is 4.90 Å². The minimum absolute atomic E-state index is 0.383. The molecule has 0 amide bonds. The molecule has 1 aromatic rings. The topological polar surface area (TPSA) is 3.24 Å². The molecule has 2 heteroatoms. The Labute approximate surface area is 90.7 Å². The highest BCUT2D eigenvalue weighted by molar-refractivity contribution is 7.80. The molecule has 0 radical (unpaired) electrons. The molecule has 1 nitrogen and oxygen atoms in total. The SMILES string of the molecule is CC1C(=S)N(C)CCc2ccccc21. The van der Waals surface area contributed by atoms with Gasteiger partial charge in [0.15, 0.2) is 0 Å². The third-order valence-electron chi connectivity index (χ3n) is 2.98. The number of hydrogen-bond donors (Lipinski definition) is 0. The van der Waals surface area contributed by atoms with E-state index in [1.54, 1.807) is 0 Å². The molecule has 0 N–H and O–H groups in total. The second kappa shape index (κ2) is 3.70. The molecule has 0 fully saturated rings. The Kier molecular flexibility index (Phi) is 2.55. The quantitative estimate of drug-likeness (QED) is 0.599. The van der Waals surface area contributed by atoms with Crippen LogP contribution in [0, 0.1) is 0 Å². The van der Waals surface area contributed by atoms with Gasteiger partial charge in [0.1, 0.15) is 0 Å². The molecule has 0 bridgehead atoms. The second-order valence-corrected chi connectivity index (χ2v) is 4.35. The molecular formula is C12H15NS. The van der Waals surface area contributed by atoms with Crippen LogP contribution < -0.4 is 0 Å². The maximum atomic E-state index is 5.44. The third kappa shape index (κ3) is 1.55. The van der Waals surface area contributed by atoms with Crippen LogP contribution >= 0.6 is 12.2 Å². The van der Waals surface area contributed by atoms with Gasteiger partial charge in [0.05, 0.1) is 4.99 Å². The summed E-state index contributed by atoms with van der Waals surface area (Å²) in [6.45, 7) is 3.24. The highest BCUT2D eigenvalue weighted by Gasteiger charge is 2.21. The Balaban J connectivity index is 2.45. The summed E-state index contributed by atoms with van der Waals surface area (Å²) >= 11 is 5.44. The lowest BCUT2D eigenvalue weighted by molar-refractivity contribution is 0.512. The van der Waals surface area contributed by atoms with Crippen LogP contribution in [0.4, 0.5) is 0 Å². The number of fused-ring (bicyclic) bond motifs is 1. The zero-order chi connectivity index (χ0) is 10.1. The predicted molar refractivity (Wildman–Crippen MR) is 63.8 cm³/mol. The van der Waals surface area contributed by atoms with Crippen LogP contribution in [0.5, 0.6) is 0 Å². The first-order chi connectivity index (χ1) is 6.70. The number of nitrogens with zero attached hydrogens (tertiary/aromatic N) is 1. The lowest BCUT2D eigenvalue weighted by Crippen LogP contribution is -2.28. The van der Waals surface area contributed by atoms with Gasteiger partial charge in [-0.1, -0.05) is 43.4 Å². The molecule has 2 rings (SSSR count). The van der Waals surface area contributed by atoms with Crippen molar-refractivity contribution < 1.29 is 0 Å². The van der Waals surface area contributed by atoms with Gasteiger partial charge in [-0.2, -0.15) is 0 Å². The molecule has 0 spiro atoms. The average Bonchev–Trinajstić information content (AvgIpc) is 2.32. The lowest BCUT2D eigenvalue weighted by atomic mass is 9.95. The van der Waals surface area contributed by atoms with Crippen LogP contribution in [0.15, 0.2) is 24.3 Å². The van der Waals surface area contributed by atoms with Crippen LogP contribution in [0.25, 0.3) is 0 Å². The average molecular weight is 205 g/mol. The van der Waals surface area contributed by atoms with Crippen molar-refractivity contribution in [2.45, 2.75) is 19.3 Å². The highest BCUT2D eigenvalue weighted by atomic mass is 32.1. The zero-order valence-electron chi connectivity index (χ0n) is 8.66. The molecule has 1 atom stereocenters. The maximum Gasteiger partial charge on any atom is 0.0849 e. The fraction of sp³-hybridized carbons (Fsp3) is 0.417.